The molecule has 0 atom stereocenters. The first-order valence-electron chi connectivity index (χ1n) is 8.23. The Bertz CT molecular complexity index is 1070. The summed E-state index contributed by atoms with van der Waals surface area (Å²) in [5.74, 6) is -2.24. The molecule has 0 aliphatic heterocycles. The van der Waals surface area contributed by atoms with Gasteiger partial charge in [-0.3, -0.25) is 0 Å². The van der Waals surface area contributed by atoms with E-state index in [0.717, 1.165) is 6.07 Å². The molecule has 0 aromatic heterocycles. The second-order valence-electron chi connectivity index (χ2n) is 5.82. The molecular formula is C21H14O8. The molecule has 3 aromatic carbocycles. The third kappa shape index (κ3) is 4.69. The Morgan fingerprint density at radius 1 is 0.517 bits per heavy atom. The Hall–Kier alpha value is -4.33. The average molecular weight is 394 g/mol. The summed E-state index contributed by atoms with van der Waals surface area (Å²) in [6.07, 6.45) is 0. The van der Waals surface area contributed by atoms with Crippen LogP contribution < -0.4 is 9.47 Å². The van der Waals surface area contributed by atoms with Gasteiger partial charge >= 0.3 is 17.9 Å². The Morgan fingerprint density at radius 3 is 1.38 bits per heavy atom. The largest absolute Gasteiger partial charge is 0.478 e. The van der Waals surface area contributed by atoms with E-state index in [9.17, 15) is 14.4 Å². The number of hydrogen-bond donors (Lipinski definition) is 3. The van der Waals surface area contributed by atoms with Crippen molar-refractivity contribution >= 4 is 17.9 Å². The Balaban J connectivity index is 1.72. The fourth-order valence-electron chi connectivity index (χ4n) is 2.46. The van der Waals surface area contributed by atoms with E-state index >= 15 is 0 Å². The third-order valence-electron chi connectivity index (χ3n) is 3.85. The van der Waals surface area contributed by atoms with Crippen molar-refractivity contribution in [2.24, 2.45) is 0 Å². The topological polar surface area (TPSA) is 130 Å². The molecule has 0 bridgehead atoms. The van der Waals surface area contributed by atoms with Gasteiger partial charge in [0.2, 0.25) is 0 Å². The molecule has 0 fully saturated rings. The van der Waals surface area contributed by atoms with Crippen LogP contribution in [0.2, 0.25) is 0 Å². The Labute approximate surface area is 164 Å². The van der Waals surface area contributed by atoms with Gasteiger partial charge in [-0.15, -0.1) is 0 Å². The second-order valence-corrected chi connectivity index (χ2v) is 5.82. The van der Waals surface area contributed by atoms with Crippen LogP contribution in [0.15, 0.2) is 66.7 Å². The lowest BCUT2D eigenvalue weighted by Crippen LogP contribution is -2.07. The number of ether oxygens (including phenoxy) is 2. The van der Waals surface area contributed by atoms with Crippen molar-refractivity contribution in [3.05, 3.63) is 83.4 Å². The van der Waals surface area contributed by atoms with Gasteiger partial charge in [-0.2, -0.15) is 0 Å². The maximum absolute atomic E-state index is 11.2. The number of rotatable bonds is 7. The van der Waals surface area contributed by atoms with E-state index in [1.807, 2.05) is 0 Å². The molecule has 0 radical (unpaired) electrons. The van der Waals surface area contributed by atoms with Crippen LogP contribution in [-0.4, -0.2) is 33.2 Å². The molecule has 0 aliphatic carbocycles. The average Bonchev–Trinajstić information content (AvgIpc) is 2.69. The minimum atomic E-state index is -1.37. The predicted molar refractivity (Wildman–Crippen MR) is 100 cm³/mol. The molecule has 3 aromatic rings. The lowest BCUT2D eigenvalue weighted by Gasteiger charge is -2.10. The van der Waals surface area contributed by atoms with Crippen molar-refractivity contribution in [1.82, 2.24) is 0 Å². The maximum Gasteiger partial charge on any atom is 0.336 e. The number of carboxylic acids is 3. The standard InChI is InChI=1S/C21H14O8/c22-19(23)12-1-3-13(4-2-12)28-14-5-7-15(8-6-14)29-16-9-10-17(20(24)25)18(11-16)21(26)27/h1-11H,(H,22,23)(H,24,25)(H,26,27). The van der Waals surface area contributed by atoms with E-state index in [2.05, 4.69) is 0 Å². The highest BCUT2D eigenvalue weighted by Gasteiger charge is 2.17. The zero-order valence-electron chi connectivity index (χ0n) is 14.7. The van der Waals surface area contributed by atoms with E-state index in [1.165, 1.54) is 36.4 Å². The van der Waals surface area contributed by atoms with Crippen molar-refractivity contribution in [1.29, 1.82) is 0 Å². The molecule has 0 aliphatic rings. The summed E-state index contributed by atoms with van der Waals surface area (Å²) in [7, 11) is 0. The summed E-state index contributed by atoms with van der Waals surface area (Å²) in [6, 6.07) is 16.0. The Morgan fingerprint density at radius 2 is 0.931 bits per heavy atom. The molecule has 0 saturated heterocycles. The Kier molecular flexibility index (Phi) is 5.45. The number of carbonyl (C=O) groups is 3. The molecule has 0 amide bonds. The molecule has 0 heterocycles. The molecule has 0 unspecified atom stereocenters. The van der Waals surface area contributed by atoms with Gasteiger partial charge in [0, 0.05) is 0 Å². The van der Waals surface area contributed by atoms with Crippen LogP contribution in [-0.2, 0) is 0 Å². The second kappa shape index (κ2) is 8.13. The first kappa shape index (κ1) is 19.4. The quantitative estimate of drug-likeness (QED) is 0.539. The van der Waals surface area contributed by atoms with E-state index in [0.29, 0.717) is 17.2 Å². The van der Waals surface area contributed by atoms with E-state index in [-0.39, 0.29) is 22.4 Å². The molecular weight excluding hydrogens is 380 g/mol. The van der Waals surface area contributed by atoms with Crippen LogP contribution in [0.3, 0.4) is 0 Å². The molecule has 3 N–H and O–H groups in total. The van der Waals surface area contributed by atoms with Crippen LogP contribution in [0.25, 0.3) is 0 Å². The van der Waals surface area contributed by atoms with E-state index in [1.54, 1.807) is 24.3 Å². The van der Waals surface area contributed by atoms with E-state index in [4.69, 9.17) is 24.8 Å². The lowest BCUT2D eigenvalue weighted by atomic mass is 10.1. The first-order chi connectivity index (χ1) is 13.8. The maximum atomic E-state index is 11.2. The van der Waals surface area contributed by atoms with Gasteiger partial charge in [-0.05, 0) is 66.7 Å². The van der Waals surface area contributed by atoms with Gasteiger partial charge in [0.1, 0.15) is 23.0 Å². The minimum absolute atomic E-state index is 0.149. The van der Waals surface area contributed by atoms with Crippen LogP contribution in [0.4, 0.5) is 0 Å². The third-order valence-corrected chi connectivity index (χ3v) is 3.85. The smallest absolute Gasteiger partial charge is 0.336 e. The molecule has 8 heteroatoms. The molecule has 0 spiro atoms. The normalized spacial score (nSPS) is 10.2. The van der Waals surface area contributed by atoms with Gasteiger partial charge in [0.15, 0.2) is 0 Å². The van der Waals surface area contributed by atoms with Crippen LogP contribution in [0, 0.1) is 0 Å². The summed E-state index contributed by atoms with van der Waals surface area (Å²) in [4.78, 5) is 33.2. The fraction of sp³-hybridized carbons (Fsp3) is 0. The lowest BCUT2D eigenvalue weighted by molar-refractivity contribution is 0.0651. The van der Waals surface area contributed by atoms with Crippen molar-refractivity contribution in [2.45, 2.75) is 0 Å². The van der Waals surface area contributed by atoms with Crippen LogP contribution in [0.5, 0.6) is 23.0 Å². The number of carboxylic acid groups (broad SMARTS) is 3. The highest BCUT2D eigenvalue weighted by molar-refractivity contribution is 6.02. The molecule has 0 saturated carbocycles. The first-order valence-corrected chi connectivity index (χ1v) is 8.23. The van der Waals surface area contributed by atoms with Gasteiger partial charge in [-0.25, -0.2) is 14.4 Å². The van der Waals surface area contributed by atoms with Crippen molar-refractivity contribution in [3.63, 3.8) is 0 Å². The van der Waals surface area contributed by atoms with Gasteiger partial charge in [0.25, 0.3) is 0 Å². The van der Waals surface area contributed by atoms with Gasteiger partial charge in [0.05, 0.1) is 16.7 Å². The number of hydrogen-bond acceptors (Lipinski definition) is 5. The van der Waals surface area contributed by atoms with Crippen molar-refractivity contribution in [3.8, 4) is 23.0 Å². The van der Waals surface area contributed by atoms with Crippen LogP contribution in [0.1, 0.15) is 31.1 Å². The summed E-state index contributed by atoms with van der Waals surface area (Å²) in [6.45, 7) is 0. The zero-order chi connectivity index (χ0) is 21.0. The summed E-state index contributed by atoms with van der Waals surface area (Å²) in [5, 5.41) is 27.1. The monoisotopic (exact) mass is 394 g/mol. The molecule has 3 rings (SSSR count). The summed E-state index contributed by atoms with van der Waals surface area (Å²) in [5.41, 5.74) is -0.557. The fourth-order valence-corrected chi connectivity index (χ4v) is 2.46. The SMILES string of the molecule is O=C(O)c1ccc(Oc2ccc(Oc3ccc(C(=O)O)c(C(=O)O)c3)cc2)cc1. The highest BCUT2D eigenvalue weighted by Crippen LogP contribution is 2.28. The zero-order valence-corrected chi connectivity index (χ0v) is 14.7. The van der Waals surface area contributed by atoms with Gasteiger partial charge in [-0.1, -0.05) is 0 Å². The molecule has 8 nitrogen and oxygen atoms in total. The molecule has 146 valence electrons. The number of aromatic carboxylic acids is 3. The van der Waals surface area contributed by atoms with E-state index < -0.39 is 17.9 Å². The van der Waals surface area contributed by atoms with Crippen LogP contribution >= 0.6 is 0 Å². The highest BCUT2D eigenvalue weighted by atomic mass is 16.5. The minimum Gasteiger partial charge on any atom is -0.478 e. The number of benzene rings is 3. The van der Waals surface area contributed by atoms with Crippen molar-refractivity contribution < 1.29 is 39.2 Å². The predicted octanol–water partition coefficient (Wildman–Crippen LogP) is 4.37. The summed E-state index contributed by atoms with van der Waals surface area (Å²) >= 11 is 0. The summed E-state index contributed by atoms with van der Waals surface area (Å²) < 4.78 is 11.2. The molecule has 29 heavy (non-hydrogen) atoms. The van der Waals surface area contributed by atoms with Gasteiger partial charge < -0.3 is 24.8 Å². The van der Waals surface area contributed by atoms with Crippen molar-refractivity contribution in [2.75, 3.05) is 0 Å².